The Kier molecular flexibility index (Phi) is 5.40. The highest BCUT2D eigenvalue weighted by Gasteiger charge is 2.08. The molecule has 0 aliphatic rings. The average molecular weight is 287 g/mol. The van der Waals surface area contributed by atoms with Gasteiger partial charge in [-0.15, -0.1) is 0 Å². The van der Waals surface area contributed by atoms with Gasteiger partial charge < -0.3 is 9.74 Å². The van der Waals surface area contributed by atoms with E-state index < -0.39 is 0 Å². The quantitative estimate of drug-likeness (QED) is 0.465. The zero-order chi connectivity index (χ0) is 15.1. The van der Waals surface area contributed by atoms with Crippen LogP contribution in [0.3, 0.4) is 0 Å². The average Bonchev–Trinajstić information content (AvgIpc) is 2.49. The molecule has 0 unspecified atom stereocenters. The largest absolute Gasteiger partial charge is 0.394 e. The molecule has 0 radical (unpaired) electrons. The van der Waals surface area contributed by atoms with E-state index in [2.05, 4.69) is 10.1 Å². The maximum atomic E-state index is 13.1. The van der Waals surface area contributed by atoms with Crippen molar-refractivity contribution < 1.29 is 9.23 Å². The first-order valence-electron chi connectivity index (χ1n) is 6.68. The van der Waals surface area contributed by atoms with Crippen LogP contribution in [0.15, 0.2) is 53.9 Å². The lowest BCUT2D eigenvalue weighted by Gasteiger charge is -2.10. The number of pyridine rings is 1. The van der Waals surface area contributed by atoms with Gasteiger partial charge in [-0.3, -0.25) is 4.98 Å². The number of aromatic nitrogens is 1. The van der Waals surface area contributed by atoms with Crippen molar-refractivity contribution in [3.05, 3.63) is 65.7 Å². The summed E-state index contributed by atoms with van der Waals surface area (Å²) in [6.07, 6.45) is 3.40. The van der Waals surface area contributed by atoms with Crippen LogP contribution in [0, 0.1) is 5.82 Å². The molecule has 0 bridgehead atoms. The first-order chi connectivity index (χ1) is 10.2. The Morgan fingerprint density at radius 1 is 1.19 bits per heavy atom. The summed E-state index contributed by atoms with van der Waals surface area (Å²) in [5.41, 5.74) is 2.25. The predicted octanol–water partition coefficient (Wildman–Crippen LogP) is 2.55. The lowest BCUT2D eigenvalue weighted by atomic mass is 10.0. The highest BCUT2D eigenvalue weighted by atomic mass is 19.1. The lowest BCUT2D eigenvalue weighted by molar-refractivity contribution is 0.126. The Bertz CT molecular complexity index is 582. The Morgan fingerprint density at radius 2 is 1.95 bits per heavy atom. The maximum Gasteiger partial charge on any atom is 0.129 e. The van der Waals surface area contributed by atoms with Gasteiger partial charge in [0, 0.05) is 30.1 Å². The number of nitrogens with zero attached hydrogens (tertiary/aromatic N) is 3. The van der Waals surface area contributed by atoms with Gasteiger partial charge >= 0.3 is 0 Å². The molecule has 2 aromatic rings. The molecule has 0 aliphatic heterocycles. The standard InChI is InChI=1S/C16H18FN3O/c1-20(2)10-11-21-19-16(14-4-3-9-18-12-14)13-5-7-15(17)8-6-13/h3-9,12H,10-11H2,1-2H3/b19-16-. The summed E-state index contributed by atoms with van der Waals surface area (Å²) in [7, 11) is 3.93. The second-order valence-electron chi connectivity index (χ2n) is 4.82. The minimum atomic E-state index is -0.280. The van der Waals surface area contributed by atoms with Gasteiger partial charge in [-0.05, 0) is 50.5 Å². The molecule has 0 spiro atoms. The highest BCUT2D eigenvalue weighted by molar-refractivity contribution is 6.12. The smallest absolute Gasteiger partial charge is 0.129 e. The molecule has 0 atom stereocenters. The fraction of sp³-hybridized carbons (Fsp3) is 0.250. The van der Waals surface area contributed by atoms with Crippen LogP contribution >= 0.6 is 0 Å². The summed E-state index contributed by atoms with van der Waals surface area (Å²) in [5, 5.41) is 4.19. The van der Waals surface area contributed by atoms with E-state index in [1.54, 1.807) is 24.5 Å². The van der Waals surface area contributed by atoms with Crippen molar-refractivity contribution in [2.24, 2.45) is 5.16 Å². The molecule has 1 heterocycles. The van der Waals surface area contributed by atoms with Crippen molar-refractivity contribution in [2.75, 3.05) is 27.2 Å². The molecule has 0 N–H and O–H groups in total. The maximum absolute atomic E-state index is 13.1. The van der Waals surface area contributed by atoms with Crippen LogP contribution in [0.2, 0.25) is 0 Å². The number of benzene rings is 1. The third-order valence-corrected chi connectivity index (χ3v) is 2.84. The van der Waals surface area contributed by atoms with Gasteiger partial charge in [-0.25, -0.2) is 4.39 Å². The van der Waals surface area contributed by atoms with Crippen LogP contribution in [0.25, 0.3) is 0 Å². The molecule has 0 saturated carbocycles. The normalized spacial score (nSPS) is 11.7. The van der Waals surface area contributed by atoms with Gasteiger partial charge in [-0.1, -0.05) is 5.16 Å². The zero-order valence-corrected chi connectivity index (χ0v) is 12.2. The van der Waals surface area contributed by atoms with Gasteiger partial charge in [0.05, 0.1) is 0 Å². The van der Waals surface area contributed by atoms with Crippen molar-refractivity contribution in [1.82, 2.24) is 9.88 Å². The van der Waals surface area contributed by atoms with E-state index in [-0.39, 0.29) is 5.82 Å². The van der Waals surface area contributed by atoms with E-state index >= 15 is 0 Å². The Balaban J connectivity index is 2.22. The molecule has 2 rings (SSSR count). The van der Waals surface area contributed by atoms with Crippen molar-refractivity contribution >= 4 is 5.71 Å². The molecule has 0 amide bonds. The second-order valence-corrected chi connectivity index (χ2v) is 4.82. The molecule has 4 nitrogen and oxygen atoms in total. The minimum Gasteiger partial charge on any atom is -0.394 e. The van der Waals surface area contributed by atoms with Crippen LogP contribution < -0.4 is 0 Å². The summed E-state index contributed by atoms with van der Waals surface area (Å²) >= 11 is 0. The summed E-state index contributed by atoms with van der Waals surface area (Å²) in [4.78, 5) is 11.5. The molecule has 21 heavy (non-hydrogen) atoms. The van der Waals surface area contributed by atoms with E-state index in [4.69, 9.17) is 4.84 Å². The third-order valence-electron chi connectivity index (χ3n) is 2.84. The number of halogens is 1. The molecule has 110 valence electrons. The van der Waals surface area contributed by atoms with Crippen LogP contribution in [-0.4, -0.2) is 42.8 Å². The Labute approximate surface area is 123 Å². The van der Waals surface area contributed by atoms with Gasteiger partial charge in [-0.2, -0.15) is 0 Å². The van der Waals surface area contributed by atoms with E-state index in [1.165, 1.54) is 12.1 Å². The zero-order valence-electron chi connectivity index (χ0n) is 12.2. The molecule has 0 saturated heterocycles. The number of hydrogen-bond donors (Lipinski definition) is 0. The fourth-order valence-corrected chi connectivity index (χ4v) is 1.72. The van der Waals surface area contributed by atoms with Crippen LogP contribution in [0.1, 0.15) is 11.1 Å². The van der Waals surface area contributed by atoms with Crippen LogP contribution in [-0.2, 0) is 4.84 Å². The molecule has 1 aromatic carbocycles. The molecule has 5 heteroatoms. The third kappa shape index (κ3) is 4.65. The van der Waals surface area contributed by atoms with Gasteiger partial charge in [0.2, 0.25) is 0 Å². The van der Waals surface area contributed by atoms with Crippen LogP contribution in [0.5, 0.6) is 0 Å². The highest BCUT2D eigenvalue weighted by Crippen LogP contribution is 2.11. The Hall–Kier alpha value is -2.27. The van der Waals surface area contributed by atoms with Crippen LogP contribution in [0.4, 0.5) is 4.39 Å². The number of likely N-dealkylation sites (N-methyl/N-ethyl adjacent to an activating group) is 1. The van der Waals surface area contributed by atoms with Gasteiger partial charge in [0.1, 0.15) is 18.1 Å². The number of rotatable bonds is 6. The molecule has 0 fully saturated rings. The Morgan fingerprint density at radius 3 is 2.57 bits per heavy atom. The molecule has 0 aliphatic carbocycles. The first kappa shape index (κ1) is 15.1. The van der Waals surface area contributed by atoms with Crippen molar-refractivity contribution in [3.63, 3.8) is 0 Å². The summed E-state index contributed by atoms with van der Waals surface area (Å²) in [6.45, 7) is 1.26. The fourth-order valence-electron chi connectivity index (χ4n) is 1.72. The monoisotopic (exact) mass is 287 g/mol. The number of hydrogen-bond acceptors (Lipinski definition) is 4. The van der Waals surface area contributed by atoms with Crippen molar-refractivity contribution in [2.45, 2.75) is 0 Å². The predicted molar refractivity (Wildman–Crippen MR) is 80.8 cm³/mol. The molecular weight excluding hydrogens is 269 g/mol. The lowest BCUT2D eigenvalue weighted by Crippen LogP contribution is -2.17. The van der Waals surface area contributed by atoms with Gasteiger partial charge in [0.25, 0.3) is 0 Å². The second kappa shape index (κ2) is 7.50. The minimum absolute atomic E-state index is 0.280. The topological polar surface area (TPSA) is 37.7 Å². The summed E-state index contributed by atoms with van der Waals surface area (Å²) < 4.78 is 13.1. The van der Waals surface area contributed by atoms with Gasteiger partial charge in [0.15, 0.2) is 0 Å². The first-order valence-corrected chi connectivity index (χ1v) is 6.68. The SMILES string of the molecule is CN(C)CCO/N=C(/c1ccc(F)cc1)c1cccnc1. The van der Waals surface area contributed by atoms with E-state index in [0.29, 0.717) is 12.3 Å². The van der Waals surface area contributed by atoms with E-state index in [0.717, 1.165) is 17.7 Å². The molecule has 1 aromatic heterocycles. The van der Waals surface area contributed by atoms with Crippen molar-refractivity contribution in [1.29, 1.82) is 0 Å². The summed E-state index contributed by atoms with van der Waals surface area (Å²) in [5.74, 6) is -0.280. The van der Waals surface area contributed by atoms with Crippen molar-refractivity contribution in [3.8, 4) is 0 Å². The number of oxime groups is 1. The molecular formula is C16H18FN3O. The van der Waals surface area contributed by atoms with E-state index in [9.17, 15) is 4.39 Å². The van der Waals surface area contributed by atoms with E-state index in [1.807, 2.05) is 31.1 Å². The summed E-state index contributed by atoms with van der Waals surface area (Å²) in [6, 6.07) is 9.88.